The lowest BCUT2D eigenvalue weighted by Crippen LogP contribution is -2.36. The molecular formula is C20H21N3O3S. The third-order valence-electron chi connectivity index (χ3n) is 4.61. The zero-order valence-electron chi connectivity index (χ0n) is 14.8. The molecule has 0 spiro atoms. The van der Waals surface area contributed by atoms with Gasteiger partial charge in [0, 0.05) is 11.6 Å². The van der Waals surface area contributed by atoms with Gasteiger partial charge in [-0.15, -0.1) is 0 Å². The molecule has 3 rings (SSSR count). The fraction of sp³-hybridized carbons (Fsp3) is 0.300. The van der Waals surface area contributed by atoms with Gasteiger partial charge in [-0.1, -0.05) is 25.3 Å². The molecule has 27 heavy (non-hydrogen) atoms. The Morgan fingerprint density at radius 2 is 1.74 bits per heavy atom. The number of amides is 1. The summed E-state index contributed by atoms with van der Waals surface area (Å²) in [5.74, 6) is -0.180. The number of rotatable bonds is 5. The molecule has 1 aliphatic rings. The summed E-state index contributed by atoms with van der Waals surface area (Å²) in [6.45, 7) is 0. The fourth-order valence-corrected chi connectivity index (χ4v) is 4.22. The van der Waals surface area contributed by atoms with Gasteiger partial charge in [-0.05, 0) is 55.3 Å². The predicted octanol–water partition coefficient (Wildman–Crippen LogP) is 3.42. The molecule has 2 aromatic rings. The van der Waals surface area contributed by atoms with Crippen LogP contribution < -0.4 is 10.0 Å². The van der Waals surface area contributed by atoms with Crippen LogP contribution in [0.2, 0.25) is 0 Å². The molecule has 1 amide bonds. The molecular weight excluding hydrogens is 362 g/mol. The number of carbonyl (C=O) groups is 1. The third kappa shape index (κ3) is 4.86. The summed E-state index contributed by atoms with van der Waals surface area (Å²) in [6, 6.07) is 14.2. The first kappa shape index (κ1) is 18.9. The van der Waals surface area contributed by atoms with Gasteiger partial charge < -0.3 is 5.32 Å². The lowest BCUT2D eigenvalue weighted by Gasteiger charge is -2.22. The second-order valence-electron chi connectivity index (χ2n) is 6.63. The molecule has 7 heteroatoms. The maximum Gasteiger partial charge on any atom is 0.261 e. The highest BCUT2D eigenvalue weighted by Crippen LogP contribution is 2.19. The van der Waals surface area contributed by atoms with Crippen LogP contribution in [-0.4, -0.2) is 20.4 Å². The Kier molecular flexibility index (Phi) is 5.77. The SMILES string of the molecule is N#Cc1cccc(NS(=O)(=O)c2ccc(C(=O)NC3CCCCC3)cc2)c1. The molecule has 0 bridgehead atoms. The minimum atomic E-state index is -3.80. The van der Waals surface area contributed by atoms with E-state index in [1.54, 1.807) is 18.2 Å². The van der Waals surface area contributed by atoms with Gasteiger partial charge in [0.2, 0.25) is 0 Å². The molecule has 1 saturated carbocycles. The van der Waals surface area contributed by atoms with Crippen LogP contribution in [0.25, 0.3) is 0 Å². The Labute approximate surface area is 159 Å². The minimum absolute atomic E-state index is 0.0547. The van der Waals surface area contributed by atoms with Crippen LogP contribution in [0.4, 0.5) is 5.69 Å². The summed E-state index contributed by atoms with van der Waals surface area (Å²) in [5, 5.41) is 11.9. The quantitative estimate of drug-likeness (QED) is 0.826. The molecule has 1 fully saturated rings. The van der Waals surface area contributed by atoms with Crippen LogP contribution in [0.5, 0.6) is 0 Å². The zero-order valence-corrected chi connectivity index (χ0v) is 15.6. The second-order valence-corrected chi connectivity index (χ2v) is 8.31. The van der Waals surface area contributed by atoms with E-state index in [2.05, 4.69) is 10.0 Å². The van der Waals surface area contributed by atoms with Crippen LogP contribution in [0, 0.1) is 11.3 Å². The number of sulfonamides is 1. The average Bonchev–Trinajstić information content (AvgIpc) is 2.68. The summed E-state index contributed by atoms with van der Waals surface area (Å²) in [7, 11) is -3.80. The molecule has 2 aromatic carbocycles. The van der Waals surface area contributed by atoms with Crippen molar-refractivity contribution in [3.63, 3.8) is 0 Å². The maximum atomic E-state index is 12.5. The Balaban J connectivity index is 1.69. The van der Waals surface area contributed by atoms with Gasteiger partial charge in [0.25, 0.3) is 15.9 Å². The van der Waals surface area contributed by atoms with E-state index in [9.17, 15) is 13.2 Å². The van der Waals surface area contributed by atoms with E-state index >= 15 is 0 Å². The first-order chi connectivity index (χ1) is 13.0. The number of nitrogens with one attached hydrogen (secondary N) is 2. The molecule has 0 unspecified atom stereocenters. The molecule has 0 radical (unpaired) electrons. The van der Waals surface area contributed by atoms with Crippen LogP contribution >= 0.6 is 0 Å². The second kappa shape index (κ2) is 8.23. The van der Waals surface area contributed by atoms with Gasteiger partial charge in [0.05, 0.1) is 22.2 Å². The fourth-order valence-electron chi connectivity index (χ4n) is 3.17. The number of carbonyl (C=O) groups excluding carboxylic acids is 1. The highest BCUT2D eigenvalue weighted by molar-refractivity contribution is 7.92. The summed E-state index contributed by atoms with van der Waals surface area (Å²) < 4.78 is 27.5. The normalized spacial score (nSPS) is 14.9. The van der Waals surface area contributed by atoms with Gasteiger partial charge in [0.15, 0.2) is 0 Å². The van der Waals surface area contributed by atoms with Crippen molar-refractivity contribution in [2.45, 2.75) is 43.0 Å². The van der Waals surface area contributed by atoms with Crippen molar-refractivity contribution in [1.82, 2.24) is 5.32 Å². The number of nitrogens with zero attached hydrogens (tertiary/aromatic N) is 1. The minimum Gasteiger partial charge on any atom is -0.349 e. The van der Waals surface area contributed by atoms with E-state index in [1.807, 2.05) is 6.07 Å². The van der Waals surface area contributed by atoms with E-state index in [1.165, 1.54) is 36.8 Å². The molecule has 2 N–H and O–H groups in total. The van der Waals surface area contributed by atoms with E-state index in [0.29, 0.717) is 16.8 Å². The highest BCUT2D eigenvalue weighted by Gasteiger charge is 2.18. The first-order valence-corrected chi connectivity index (χ1v) is 10.4. The molecule has 0 aliphatic heterocycles. The van der Waals surface area contributed by atoms with Crippen molar-refractivity contribution in [2.75, 3.05) is 4.72 Å². The molecule has 1 aliphatic carbocycles. The van der Waals surface area contributed by atoms with Gasteiger partial charge in [0.1, 0.15) is 0 Å². The highest BCUT2D eigenvalue weighted by atomic mass is 32.2. The zero-order chi connectivity index (χ0) is 19.3. The Morgan fingerprint density at radius 3 is 2.41 bits per heavy atom. The number of anilines is 1. The standard InChI is InChI=1S/C20H21N3O3S/c21-14-15-5-4-8-18(13-15)23-27(25,26)19-11-9-16(10-12-19)20(24)22-17-6-2-1-3-7-17/h4-5,8-13,17,23H,1-3,6-7H2,(H,22,24). The van der Waals surface area contributed by atoms with Gasteiger partial charge in [-0.25, -0.2) is 8.42 Å². The number of nitriles is 1. The summed E-state index contributed by atoms with van der Waals surface area (Å²) in [5.41, 5.74) is 1.11. The number of hydrogen-bond donors (Lipinski definition) is 2. The van der Waals surface area contributed by atoms with E-state index in [4.69, 9.17) is 5.26 Å². The van der Waals surface area contributed by atoms with E-state index in [-0.39, 0.29) is 16.8 Å². The molecule has 0 aromatic heterocycles. The number of benzene rings is 2. The molecule has 0 heterocycles. The van der Waals surface area contributed by atoms with Crippen LogP contribution in [-0.2, 0) is 10.0 Å². The first-order valence-electron chi connectivity index (χ1n) is 8.92. The van der Waals surface area contributed by atoms with Crippen molar-refractivity contribution >= 4 is 21.6 Å². The monoisotopic (exact) mass is 383 g/mol. The van der Waals surface area contributed by atoms with Crippen molar-refractivity contribution in [2.24, 2.45) is 0 Å². The lowest BCUT2D eigenvalue weighted by molar-refractivity contribution is 0.0927. The topological polar surface area (TPSA) is 99.1 Å². The van der Waals surface area contributed by atoms with Crippen LogP contribution in [0.15, 0.2) is 53.4 Å². The van der Waals surface area contributed by atoms with Gasteiger partial charge in [-0.2, -0.15) is 5.26 Å². The third-order valence-corrected chi connectivity index (χ3v) is 6.01. The van der Waals surface area contributed by atoms with Gasteiger partial charge >= 0.3 is 0 Å². The Bertz CT molecular complexity index is 957. The Morgan fingerprint density at radius 1 is 1.04 bits per heavy atom. The lowest BCUT2D eigenvalue weighted by atomic mass is 9.95. The van der Waals surface area contributed by atoms with Crippen molar-refractivity contribution in [1.29, 1.82) is 5.26 Å². The van der Waals surface area contributed by atoms with Crippen molar-refractivity contribution in [3.8, 4) is 6.07 Å². The largest absolute Gasteiger partial charge is 0.349 e. The van der Waals surface area contributed by atoms with E-state index in [0.717, 1.165) is 25.7 Å². The van der Waals surface area contributed by atoms with Crippen LogP contribution in [0.1, 0.15) is 48.0 Å². The van der Waals surface area contributed by atoms with Crippen LogP contribution in [0.3, 0.4) is 0 Å². The molecule has 6 nitrogen and oxygen atoms in total. The predicted molar refractivity (Wildman–Crippen MR) is 103 cm³/mol. The molecule has 140 valence electrons. The summed E-state index contributed by atoms with van der Waals surface area (Å²) in [4.78, 5) is 12.4. The molecule has 0 atom stereocenters. The van der Waals surface area contributed by atoms with Gasteiger partial charge in [-0.3, -0.25) is 9.52 Å². The average molecular weight is 383 g/mol. The summed E-state index contributed by atoms with van der Waals surface area (Å²) in [6.07, 6.45) is 5.44. The summed E-state index contributed by atoms with van der Waals surface area (Å²) >= 11 is 0. The number of hydrogen-bond acceptors (Lipinski definition) is 4. The van der Waals surface area contributed by atoms with Crippen molar-refractivity contribution < 1.29 is 13.2 Å². The Hall–Kier alpha value is -2.85. The maximum absolute atomic E-state index is 12.5. The van der Waals surface area contributed by atoms with E-state index < -0.39 is 10.0 Å². The molecule has 0 saturated heterocycles. The van der Waals surface area contributed by atoms with Crippen molar-refractivity contribution in [3.05, 3.63) is 59.7 Å². The smallest absolute Gasteiger partial charge is 0.261 e.